The van der Waals surface area contributed by atoms with Crippen LogP contribution in [0.2, 0.25) is 0 Å². The van der Waals surface area contributed by atoms with Crippen LogP contribution >= 0.6 is 0 Å². The van der Waals surface area contributed by atoms with Gasteiger partial charge in [0.15, 0.2) is 0 Å². The molecule has 0 saturated heterocycles. The summed E-state index contributed by atoms with van der Waals surface area (Å²) in [6, 6.07) is 6.58. The molecule has 0 N–H and O–H groups in total. The molecule has 1 saturated carbocycles. The second kappa shape index (κ2) is 7.93. The van der Waals surface area contributed by atoms with Gasteiger partial charge in [-0.2, -0.15) is 8.42 Å². The van der Waals surface area contributed by atoms with E-state index in [0.717, 1.165) is 24.8 Å². The first-order valence-electron chi connectivity index (χ1n) is 8.05. The lowest BCUT2D eigenvalue weighted by Crippen LogP contribution is -2.27. The third-order valence-electron chi connectivity index (χ3n) is 4.17. The maximum atomic E-state index is 12.2. The number of esters is 1. The van der Waals surface area contributed by atoms with Gasteiger partial charge < -0.3 is 4.74 Å². The number of aryl methyl sites for hydroxylation is 1. The molecule has 2 unspecified atom stereocenters. The summed E-state index contributed by atoms with van der Waals surface area (Å²) >= 11 is 0. The molecule has 1 aliphatic carbocycles. The zero-order chi connectivity index (χ0) is 16.9. The van der Waals surface area contributed by atoms with Gasteiger partial charge in [-0.3, -0.25) is 8.98 Å². The summed E-state index contributed by atoms with van der Waals surface area (Å²) in [6.07, 6.45) is 3.20. The molecule has 0 radical (unpaired) electrons. The highest BCUT2D eigenvalue weighted by atomic mass is 32.2. The van der Waals surface area contributed by atoms with E-state index in [9.17, 15) is 13.2 Å². The van der Waals surface area contributed by atoms with Crippen LogP contribution in [0.25, 0.3) is 0 Å². The monoisotopic (exact) mass is 340 g/mol. The molecule has 5 nitrogen and oxygen atoms in total. The van der Waals surface area contributed by atoms with Crippen LogP contribution in [0, 0.1) is 18.8 Å². The van der Waals surface area contributed by atoms with Crippen molar-refractivity contribution in [3.63, 3.8) is 0 Å². The van der Waals surface area contributed by atoms with Crippen LogP contribution in [0.5, 0.6) is 0 Å². The van der Waals surface area contributed by atoms with Gasteiger partial charge in [0.05, 0.1) is 24.0 Å². The Balaban J connectivity index is 1.92. The number of ether oxygens (including phenoxy) is 1. The Morgan fingerprint density at radius 1 is 1.22 bits per heavy atom. The van der Waals surface area contributed by atoms with E-state index >= 15 is 0 Å². The molecule has 0 aromatic heterocycles. The van der Waals surface area contributed by atoms with E-state index in [4.69, 9.17) is 8.92 Å². The van der Waals surface area contributed by atoms with E-state index in [1.165, 1.54) is 0 Å². The second-order valence-corrected chi connectivity index (χ2v) is 7.65. The average Bonchev–Trinajstić information content (AvgIpc) is 2.54. The second-order valence-electron chi connectivity index (χ2n) is 6.03. The molecule has 0 spiro atoms. The van der Waals surface area contributed by atoms with Gasteiger partial charge in [0, 0.05) is 0 Å². The Kier molecular flexibility index (Phi) is 6.18. The fraction of sp³-hybridized carbons (Fsp3) is 0.588. The van der Waals surface area contributed by atoms with Crippen LogP contribution in [-0.4, -0.2) is 27.6 Å². The van der Waals surface area contributed by atoms with Gasteiger partial charge in [-0.25, -0.2) is 0 Å². The van der Waals surface area contributed by atoms with Gasteiger partial charge in [0.25, 0.3) is 10.1 Å². The van der Waals surface area contributed by atoms with Crippen LogP contribution in [0.15, 0.2) is 29.2 Å². The predicted octanol–water partition coefficient (Wildman–Crippen LogP) is 3.07. The molecule has 6 heteroatoms. The van der Waals surface area contributed by atoms with Crippen molar-refractivity contribution in [1.29, 1.82) is 0 Å². The number of rotatable bonds is 6. The Hall–Kier alpha value is -1.40. The minimum absolute atomic E-state index is 0.0679. The maximum absolute atomic E-state index is 12.2. The lowest BCUT2D eigenvalue weighted by molar-refractivity contribution is -0.149. The van der Waals surface area contributed by atoms with Crippen molar-refractivity contribution in [2.24, 2.45) is 11.8 Å². The highest BCUT2D eigenvalue weighted by molar-refractivity contribution is 7.86. The fourth-order valence-electron chi connectivity index (χ4n) is 2.88. The summed E-state index contributed by atoms with van der Waals surface area (Å²) in [6.45, 7) is 4.18. The number of carbonyl (C=O) groups excluding carboxylic acids is 1. The van der Waals surface area contributed by atoms with Crippen molar-refractivity contribution in [1.82, 2.24) is 0 Å². The van der Waals surface area contributed by atoms with E-state index in [0.29, 0.717) is 13.0 Å². The van der Waals surface area contributed by atoms with Crippen LogP contribution < -0.4 is 0 Å². The summed E-state index contributed by atoms with van der Waals surface area (Å²) in [5.41, 5.74) is 0.994. The third kappa shape index (κ3) is 5.04. The Morgan fingerprint density at radius 3 is 2.57 bits per heavy atom. The average molecular weight is 340 g/mol. The van der Waals surface area contributed by atoms with E-state index in [-0.39, 0.29) is 29.3 Å². The number of benzene rings is 1. The van der Waals surface area contributed by atoms with Crippen LogP contribution in [0.1, 0.15) is 38.2 Å². The molecule has 2 atom stereocenters. The van der Waals surface area contributed by atoms with Crippen molar-refractivity contribution >= 4 is 16.1 Å². The normalized spacial score (nSPS) is 21.8. The summed E-state index contributed by atoms with van der Waals surface area (Å²) < 4.78 is 34.6. The highest BCUT2D eigenvalue weighted by Gasteiger charge is 2.29. The van der Waals surface area contributed by atoms with E-state index in [1.54, 1.807) is 31.2 Å². The topological polar surface area (TPSA) is 69.7 Å². The number of hydrogen-bond acceptors (Lipinski definition) is 5. The van der Waals surface area contributed by atoms with E-state index in [2.05, 4.69) is 0 Å². The molecule has 0 amide bonds. The third-order valence-corrected chi connectivity index (χ3v) is 5.47. The van der Waals surface area contributed by atoms with Crippen LogP contribution in [0.3, 0.4) is 0 Å². The summed E-state index contributed by atoms with van der Waals surface area (Å²) in [5.74, 6) is -0.253. The van der Waals surface area contributed by atoms with Gasteiger partial charge in [-0.05, 0) is 51.2 Å². The molecule has 23 heavy (non-hydrogen) atoms. The molecule has 0 bridgehead atoms. The van der Waals surface area contributed by atoms with Gasteiger partial charge >= 0.3 is 5.97 Å². The molecular weight excluding hydrogens is 316 g/mol. The Morgan fingerprint density at radius 2 is 1.91 bits per heavy atom. The van der Waals surface area contributed by atoms with Crippen molar-refractivity contribution < 1.29 is 22.1 Å². The summed E-state index contributed by atoms with van der Waals surface area (Å²) in [7, 11) is -3.74. The minimum atomic E-state index is -3.74. The molecule has 2 rings (SSSR count). The largest absolute Gasteiger partial charge is 0.466 e. The Labute approximate surface area is 138 Å². The SMILES string of the molecule is CCOC(=O)C1CCCC(COS(=O)(=O)c2ccc(C)cc2)C1. The zero-order valence-corrected chi connectivity index (χ0v) is 14.5. The van der Waals surface area contributed by atoms with Crippen molar-refractivity contribution in [2.75, 3.05) is 13.2 Å². The van der Waals surface area contributed by atoms with Crippen molar-refractivity contribution in [3.8, 4) is 0 Å². The molecule has 128 valence electrons. The van der Waals surface area contributed by atoms with Crippen molar-refractivity contribution in [2.45, 2.75) is 44.4 Å². The molecule has 1 aliphatic rings. The molecule has 1 fully saturated rings. The van der Waals surface area contributed by atoms with E-state index < -0.39 is 10.1 Å². The lowest BCUT2D eigenvalue weighted by atomic mass is 9.82. The first-order chi connectivity index (χ1) is 10.9. The predicted molar refractivity (Wildman–Crippen MR) is 86.4 cm³/mol. The molecular formula is C17H24O5S. The van der Waals surface area contributed by atoms with Gasteiger partial charge in [-0.1, -0.05) is 24.1 Å². The zero-order valence-electron chi connectivity index (χ0n) is 13.7. The molecule has 1 aromatic rings. The van der Waals surface area contributed by atoms with Gasteiger partial charge in [-0.15, -0.1) is 0 Å². The van der Waals surface area contributed by atoms with Gasteiger partial charge in [0.1, 0.15) is 0 Å². The summed E-state index contributed by atoms with van der Waals surface area (Å²) in [4.78, 5) is 12.0. The molecule has 0 aliphatic heterocycles. The van der Waals surface area contributed by atoms with Crippen molar-refractivity contribution in [3.05, 3.63) is 29.8 Å². The maximum Gasteiger partial charge on any atom is 0.308 e. The summed E-state index contributed by atoms with van der Waals surface area (Å²) in [5, 5.41) is 0. The lowest BCUT2D eigenvalue weighted by Gasteiger charge is -2.27. The molecule has 0 heterocycles. The van der Waals surface area contributed by atoms with Crippen LogP contribution in [0.4, 0.5) is 0 Å². The highest BCUT2D eigenvalue weighted by Crippen LogP contribution is 2.30. The first kappa shape index (κ1) is 17.9. The van der Waals surface area contributed by atoms with E-state index in [1.807, 2.05) is 6.92 Å². The van der Waals surface area contributed by atoms with Crippen LogP contribution in [-0.2, 0) is 23.8 Å². The Bertz CT molecular complexity index is 621. The smallest absolute Gasteiger partial charge is 0.308 e. The quantitative estimate of drug-likeness (QED) is 0.588. The van der Waals surface area contributed by atoms with Gasteiger partial charge in [0.2, 0.25) is 0 Å². The minimum Gasteiger partial charge on any atom is -0.466 e. The number of hydrogen-bond donors (Lipinski definition) is 0. The fourth-order valence-corrected chi connectivity index (χ4v) is 3.85. The first-order valence-corrected chi connectivity index (χ1v) is 9.46. The molecule has 1 aromatic carbocycles. The standard InChI is InChI=1S/C17H24O5S/c1-3-21-17(18)15-6-4-5-14(11-15)12-22-23(19,20)16-9-7-13(2)8-10-16/h7-10,14-15H,3-6,11-12H2,1-2H3. The number of carbonyl (C=O) groups is 1.